The monoisotopic (exact) mass is 411 g/mol. The molecule has 3 heterocycles. The van der Waals surface area contributed by atoms with Gasteiger partial charge in [0, 0.05) is 44.5 Å². The van der Waals surface area contributed by atoms with Gasteiger partial charge in [-0.15, -0.1) is 0 Å². The van der Waals surface area contributed by atoms with Gasteiger partial charge in [-0.3, -0.25) is 9.78 Å². The Labute approximate surface area is 171 Å². The molecule has 0 unspecified atom stereocenters. The Hall–Kier alpha value is -2.51. The van der Waals surface area contributed by atoms with Gasteiger partial charge < -0.3 is 4.90 Å². The minimum atomic E-state index is -3.54. The number of carbonyl (C=O) groups is 1. The summed E-state index contributed by atoms with van der Waals surface area (Å²) in [6.07, 6.45) is 7.04. The number of benzene rings is 1. The number of sulfonamides is 1. The second-order valence-electron chi connectivity index (χ2n) is 7.50. The number of piperidine rings is 1. The van der Waals surface area contributed by atoms with Crippen molar-refractivity contribution < 1.29 is 13.2 Å². The Morgan fingerprint density at radius 1 is 1.00 bits per heavy atom. The van der Waals surface area contributed by atoms with Crippen molar-refractivity contribution in [2.24, 2.45) is 5.92 Å². The largest absolute Gasteiger partial charge is 0.338 e. The summed E-state index contributed by atoms with van der Waals surface area (Å²) < 4.78 is 26.9. The van der Waals surface area contributed by atoms with Gasteiger partial charge in [-0.2, -0.15) is 4.31 Å². The molecule has 0 bridgehead atoms. The second kappa shape index (κ2) is 8.47. The summed E-state index contributed by atoms with van der Waals surface area (Å²) >= 11 is 0. The average molecular weight is 412 g/mol. The van der Waals surface area contributed by atoms with E-state index in [1.165, 1.54) is 21.6 Å². The fourth-order valence-corrected chi connectivity index (χ4v) is 5.47. The van der Waals surface area contributed by atoms with E-state index in [1.54, 1.807) is 18.3 Å². The molecule has 0 radical (unpaired) electrons. The number of amides is 1. The molecule has 0 spiro atoms. The number of carbonyl (C=O) groups excluding carboxylic acids is 1. The van der Waals surface area contributed by atoms with E-state index in [0.717, 1.165) is 6.42 Å². The van der Waals surface area contributed by atoms with Gasteiger partial charge in [0.05, 0.1) is 0 Å². The van der Waals surface area contributed by atoms with E-state index in [-0.39, 0.29) is 16.7 Å². The zero-order valence-electron chi connectivity index (χ0n) is 16.3. The first-order valence-electron chi connectivity index (χ1n) is 9.99. The molecule has 1 aromatic heterocycles. The maximum Gasteiger partial charge on any atom is 0.244 e. The Balaban J connectivity index is 1.35. The van der Waals surface area contributed by atoms with Crippen molar-refractivity contribution >= 4 is 21.5 Å². The maximum atomic E-state index is 12.9. The average Bonchev–Trinajstić information content (AvgIpc) is 2.80. The lowest BCUT2D eigenvalue weighted by Gasteiger charge is -2.34. The van der Waals surface area contributed by atoms with Crippen LogP contribution < -0.4 is 0 Å². The number of aromatic nitrogens is 1. The molecule has 29 heavy (non-hydrogen) atoms. The van der Waals surface area contributed by atoms with E-state index < -0.39 is 10.0 Å². The molecule has 1 aromatic carbocycles. The van der Waals surface area contributed by atoms with Gasteiger partial charge in [0.15, 0.2) is 0 Å². The highest BCUT2D eigenvalue weighted by Crippen LogP contribution is 2.27. The van der Waals surface area contributed by atoms with Crippen molar-refractivity contribution in [2.75, 3.05) is 26.2 Å². The quantitative estimate of drug-likeness (QED) is 0.776. The van der Waals surface area contributed by atoms with E-state index in [2.05, 4.69) is 23.2 Å². The van der Waals surface area contributed by atoms with Crippen molar-refractivity contribution in [1.29, 1.82) is 0 Å². The highest BCUT2D eigenvalue weighted by atomic mass is 32.2. The first-order chi connectivity index (χ1) is 14.1. The Morgan fingerprint density at radius 2 is 1.76 bits per heavy atom. The third-order valence-electron chi connectivity index (χ3n) is 5.74. The van der Waals surface area contributed by atoms with Crippen LogP contribution in [0.5, 0.6) is 0 Å². The molecular weight excluding hydrogens is 386 g/mol. The van der Waals surface area contributed by atoms with E-state index >= 15 is 0 Å². The molecule has 1 saturated heterocycles. The predicted octanol–water partition coefficient (Wildman–Crippen LogP) is 2.80. The maximum absolute atomic E-state index is 12.9. The van der Waals surface area contributed by atoms with Gasteiger partial charge in [-0.25, -0.2) is 8.42 Å². The van der Waals surface area contributed by atoms with Crippen LogP contribution in [0.1, 0.15) is 24.8 Å². The summed E-state index contributed by atoms with van der Waals surface area (Å²) in [6, 6.07) is 13.4. The number of hydrogen-bond donors (Lipinski definition) is 0. The highest BCUT2D eigenvalue weighted by Gasteiger charge is 2.34. The van der Waals surface area contributed by atoms with Gasteiger partial charge in [0.2, 0.25) is 15.9 Å². The number of hydrogen-bond acceptors (Lipinski definition) is 4. The Bertz CT molecular complexity index is 982. The van der Waals surface area contributed by atoms with Crippen LogP contribution in [0.15, 0.2) is 65.8 Å². The van der Waals surface area contributed by atoms with E-state index in [9.17, 15) is 13.2 Å². The molecule has 0 N–H and O–H groups in total. The van der Waals surface area contributed by atoms with E-state index in [1.807, 2.05) is 23.1 Å². The van der Waals surface area contributed by atoms with Crippen molar-refractivity contribution in [3.63, 3.8) is 0 Å². The summed E-state index contributed by atoms with van der Waals surface area (Å²) in [4.78, 5) is 19.0. The van der Waals surface area contributed by atoms with Crippen LogP contribution in [0.3, 0.4) is 0 Å². The van der Waals surface area contributed by atoms with Crippen molar-refractivity contribution in [1.82, 2.24) is 14.2 Å². The summed E-state index contributed by atoms with van der Waals surface area (Å²) in [5.41, 5.74) is 2.50. The summed E-state index contributed by atoms with van der Waals surface area (Å²) in [7, 11) is -3.54. The van der Waals surface area contributed by atoms with Gasteiger partial charge in [0.25, 0.3) is 0 Å². The molecular formula is C22H25N3O3S. The van der Waals surface area contributed by atoms with Crippen molar-refractivity contribution in [2.45, 2.75) is 24.2 Å². The SMILES string of the molecule is O=C(C1CCN(S(=O)(=O)c2cccnc2)CC1)N1CC=C(c2ccccc2)CC1. The lowest BCUT2D eigenvalue weighted by atomic mass is 9.94. The van der Waals surface area contributed by atoms with Crippen LogP contribution >= 0.6 is 0 Å². The van der Waals surface area contributed by atoms with Crippen molar-refractivity contribution in [3.8, 4) is 0 Å². The lowest BCUT2D eigenvalue weighted by molar-refractivity contribution is -0.136. The molecule has 152 valence electrons. The van der Waals surface area contributed by atoms with Crippen LogP contribution in [0.25, 0.3) is 5.57 Å². The molecule has 0 aliphatic carbocycles. The third kappa shape index (κ3) is 4.26. The molecule has 1 amide bonds. The minimum Gasteiger partial charge on any atom is -0.338 e. The van der Waals surface area contributed by atoms with Crippen LogP contribution in [-0.4, -0.2) is 54.7 Å². The third-order valence-corrected chi connectivity index (χ3v) is 7.62. The standard InChI is InChI=1S/C22H25N3O3S/c26-22(24-13-8-19(9-14-24)18-5-2-1-3-6-18)20-10-15-25(16-11-20)29(27,28)21-7-4-12-23-17-21/h1-8,12,17,20H,9-11,13-16H2. The van der Waals surface area contributed by atoms with Gasteiger partial charge in [0.1, 0.15) is 4.90 Å². The Morgan fingerprint density at radius 3 is 2.38 bits per heavy atom. The molecule has 1 fully saturated rings. The summed E-state index contributed by atoms with van der Waals surface area (Å²) in [5.74, 6) is 0.0359. The molecule has 2 aromatic rings. The molecule has 2 aliphatic rings. The van der Waals surface area contributed by atoms with Gasteiger partial charge >= 0.3 is 0 Å². The van der Waals surface area contributed by atoms with Crippen LogP contribution in [0.4, 0.5) is 0 Å². The normalized spacial score (nSPS) is 19.0. The second-order valence-corrected chi connectivity index (χ2v) is 9.43. The van der Waals surface area contributed by atoms with Crippen molar-refractivity contribution in [3.05, 3.63) is 66.5 Å². The molecule has 4 rings (SSSR count). The Kier molecular flexibility index (Phi) is 5.78. The van der Waals surface area contributed by atoms with E-state index in [0.29, 0.717) is 39.0 Å². The zero-order chi connectivity index (χ0) is 20.3. The number of rotatable bonds is 4. The minimum absolute atomic E-state index is 0.109. The number of nitrogens with zero attached hydrogens (tertiary/aromatic N) is 3. The summed E-state index contributed by atoms with van der Waals surface area (Å²) in [6.45, 7) is 2.07. The highest BCUT2D eigenvalue weighted by molar-refractivity contribution is 7.89. The molecule has 0 atom stereocenters. The number of pyridine rings is 1. The molecule has 7 heteroatoms. The lowest BCUT2D eigenvalue weighted by Crippen LogP contribution is -2.45. The topological polar surface area (TPSA) is 70.6 Å². The van der Waals surface area contributed by atoms with Gasteiger partial charge in [-0.05, 0) is 42.5 Å². The van der Waals surface area contributed by atoms with Crippen LogP contribution in [0, 0.1) is 5.92 Å². The van der Waals surface area contributed by atoms with Crippen LogP contribution in [0.2, 0.25) is 0 Å². The first-order valence-corrected chi connectivity index (χ1v) is 11.4. The van der Waals surface area contributed by atoms with Gasteiger partial charge in [-0.1, -0.05) is 36.4 Å². The first kappa shape index (κ1) is 19.8. The smallest absolute Gasteiger partial charge is 0.244 e. The van der Waals surface area contributed by atoms with Crippen LogP contribution in [-0.2, 0) is 14.8 Å². The predicted molar refractivity (Wildman–Crippen MR) is 111 cm³/mol. The fraction of sp³-hybridized carbons (Fsp3) is 0.364. The molecule has 0 saturated carbocycles. The summed E-state index contributed by atoms with van der Waals surface area (Å²) in [5, 5.41) is 0. The van der Waals surface area contributed by atoms with E-state index in [4.69, 9.17) is 0 Å². The molecule has 2 aliphatic heterocycles. The fourth-order valence-electron chi connectivity index (χ4n) is 4.03. The zero-order valence-corrected chi connectivity index (χ0v) is 17.1. The molecule has 6 nitrogen and oxygen atoms in total.